The Morgan fingerprint density at radius 1 is 1.06 bits per heavy atom. The number of carbonyl (C=O) groups excluding carboxylic acids is 3. The van der Waals surface area contributed by atoms with E-state index in [1.165, 1.54) is 31.5 Å². The fourth-order valence-electron chi connectivity index (χ4n) is 2.78. The number of anilines is 2. The summed E-state index contributed by atoms with van der Waals surface area (Å²) in [6.07, 6.45) is 1.29. The molecule has 0 aliphatic heterocycles. The number of nitrogens with one attached hydrogen (secondary N) is 3. The van der Waals surface area contributed by atoms with Crippen molar-refractivity contribution in [1.29, 1.82) is 0 Å². The largest absolute Gasteiger partial charge is 0.493 e. The maximum atomic E-state index is 13.6. The van der Waals surface area contributed by atoms with E-state index in [1.54, 1.807) is 36.4 Å². The van der Waals surface area contributed by atoms with Crippen molar-refractivity contribution < 1.29 is 28.2 Å². The molecule has 0 atom stereocenters. The Kier molecular flexibility index (Phi) is 9.76. The highest BCUT2D eigenvalue weighted by Crippen LogP contribution is 2.33. The fraction of sp³-hybridized carbons (Fsp3) is 0.0833. The van der Waals surface area contributed by atoms with Crippen molar-refractivity contribution in [2.45, 2.75) is 0 Å². The van der Waals surface area contributed by atoms with E-state index in [1.807, 2.05) is 22.6 Å². The molecule has 3 aromatic carbocycles. The summed E-state index contributed by atoms with van der Waals surface area (Å²) in [6.45, 7) is -0.247. The van der Waals surface area contributed by atoms with Gasteiger partial charge in [0.05, 0.1) is 22.6 Å². The van der Waals surface area contributed by atoms with E-state index in [4.69, 9.17) is 9.47 Å². The van der Waals surface area contributed by atoms with Crippen molar-refractivity contribution in [3.8, 4) is 11.5 Å². The van der Waals surface area contributed by atoms with E-state index in [-0.39, 0.29) is 18.2 Å². The zero-order chi connectivity index (χ0) is 26.1. The molecule has 0 spiro atoms. The molecule has 0 fully saturated rings. The van der Waals surface area contributed by atoms with Crippen molar-refractivity contribution in [1.82, 2.24) is 5.43 Å². The Hall–Kier alpha value is -3.52. The quantitative estimate of drug-likeness (QED) is 0.143. The maximum Gasteiger partial charge on any atom is 0.329 e. The lowest BCUT2D eigenvalue weighted by Gasteiger charge is -2.13. The van der Waals surface area contributed by atoms with Crippen LogP contribution in [0.25, 0.3) is 0 Å². The van der Waals surface area contributed by atoms with Crippen LogP contribution in [0.15, 0.2) is 70.2 Å². The van der Waals surface area contributed by atoms with Crippen molar-refractivity contribution in [2.75, 3.05) is 24.4 Å². The first-order valence-corrected chi connectivity index (χ1v) is 12.1. The Balaban J connectivity index is 1.58. The Morgan fingerprint density at radius 2 is 1.78 bits per heavy atom. The van der Waals surface area contributed by atoms with Gasteiger partial charge in [-0.2, -0.15) is 5.10 Å². The van der Waals surface area contributed by atoms with Crippen LogP contribution in [0.4, 0.5) is 15.8 Å². The standard InChI is InChI=1S/C24H19BrFIN4O5/c1-35-20-11-14(12-28-31-24(34)23(33)30-19-5-3-2-4-17(19)26)10-18(27)22(20)36-13-21(32)29-16-8-6-15(25)7-9-16/h2-12H,13H2,1H3,(H,29,32)(H,30,33)(H,31,34)/b28-12-. The molecule has 0 unspecified atom stereocenters. The molecule has 0 radical (unpaired) electrons. The van der Waals surface area contributed by atoms with Crippen LogP contribution in [0.1, 0.15) is 5.56 Å². The first-order chi connectivity index (χ1) is 17.3. The lowest BCUT2D eigenvalue weighted by atomic mass is 10.2. The summed E-state index contributed by atoms with van der Waals surface area (Å²) >= 11 is 5.34. The van der Waals surface area contributed by atoms with Gasteiger partial charge in [-0.05, 0) is 76.7 Å². The summed E-state index contributed by atoms with van der Waals surface area (Å²) in [5, 5.41) is 8.65. The molecule has 3 amide bonds. The minimum Gasteiger partial charge on any atom is -0.493 e. The number of hydrogen-bond donors (Lipinski definition) is 3. The lowest BCUT2D eigenvalue weighted by Crippen LogP contribution is -2.32. The number of hydrazone groups is 1. The second kappa shape index (κ2) is 13.0. The SMILES string of the molecule is COc1cc(/C=N\NC(=O)C(=O)Nc2ccccc2F)cc(I)c1OCC(=O)Nc1ccc(Br)cc1. The predicted molar refractivity (Wildman–Crippen MR) is 145 cm³/mol. The summed E-state index contributed by atoms with van der Waals surface area (Å²) in [4.78, 5) is 36.1. The van der Waals surface area contributed by atoms with E-state index >= 15 is 0 Å². The summed E-state index contributed by atoms with van der Waals surface area (Å²) in [6, 6.07) is 15.8. The van der Waals surface area contributed by atoms with Crippen LogP contribution >= 0.6 is 38.5 Å². The van der Waals surface area contributed by atoms with Crippen LogP contribution < -0.4 is 25.5 Å². The molecule has 3 rings (SSSR count). The molecule has 0 bridgehead atoms. The number of benzene rings is 3. The van der Waals surface area contributed by atoms with Crippen LogP contribution in [0, 0.1) is 9.39 Å². The number of methoxy groups -OCH3 is 1. The van der Waals surface area contributed by atoms with Crippen molar-refractivity contribution in [3.63, 3.8) is 0 Å². The van der Waals surface area contributed by atoms with E-state index in [2.05, 4.69) is 37.1 Å². The molecule has 0 aliphatic rings. The van der Waals surface area contributed by atoms with Crippen LogP contribution in [0.3, 0.4) is 0 Å². The number of para-hydroxylation sites is 1. The van der Waals surface area contributed by atoms with Crippen LogP contribution in [0.2, 0.25) is 0 Å². The van der Waals surface area contributed by atoms with E-state index in [0.29, 0.717) is 26.3 Å². The molecule has 3 aromatic rings. The lowest BCUT2D eigenvalue weighted by molar-refractivity contribution is -0.136. The molecule has 0 saturated carbocycles. The van der Waals surface area contributed by atoms with Crippen LogP contribution in [0.5, 0.6) is 11.5 Å². The van der Waals surface area contributed by atoms with Gasteiger partial charge in [0.25, 0.3) is 5.91 Å². The third kappa shape index (κ3) is 7.75. The molecule has 36 heavy (non-hydrogen) atoms. The Morgan fingerprint density at radius 3 is 2.47 bits per heavy atom. The van der Waals surface area contributed by atoms with E-state index in [0.717, 1.165) is 10.5 Å². The third-order valence-electron chi connectivity index (χ3n) is 4.44. The number of nitrogens with zero attached hydrogens (tertiary/aromatic N) is 1. The van der Waals surface area contributed by atoms with Gasteiger partial charge >= 0.3 is 11.8 Å². The van der Waals surface area contributed by atoms with Gasteiger partial charge in [0.15, 0.2) is 18.1 Å². The number of rotatable bonds is 8. The molecule has 186 valence electrons. The molecule has 0 aromatic heterocycles. The Bertz CT molecular complexity index is 1300. The number of carbonyl (C=O) groups is 3. The fourth-order valence-corrected chi connectivity index (χ4v) is 3.83. The molecule has 0 aliphatic carbocycles. The average Bonchev–Trinajstić information content (AvgIpc) is 2.85. The topological polar surface area (TPSA) is 118 Å². The summed E-state index contributed by atoms with van der Waals surface area (Å²) < 4.78 is 26.1. The number of amides is 3. The highest BCUT2D eigenvalue weighted by Gasteiger charge is 2.16. The zero-order valence-corrected chi connectivity index (χ0v) is 22.4. The summed E-state index contributed by atoms with van der Waals surface area (Å²) in [5.74, 6) is -2.48. The Labute approximate surface area is 227 Å². The second-order valence-corrected chi connectivity index (χ2v) is 9.09. The van der Waals surface area contributed by atoms with Crippen molar-refractivity contribution >= 4 is 73.8 Å². The first kappa shape index (κ1) is 27.1. The number of ether oxygens (including phenoxy) is 2. The first-order valence-electron chi connectivity index (χ1n) is 10.2. The van der Waals surface area contributed by atoms with Crippen molar-refractivity contribution in [2.24, 2.45) is 5.10 Å². The predicted octanol–water partition coefficient (Wildman–Crippen LogP) is 4.31. The zero-order valence-electron chi connectivity index (χ0n) is 18.7. The number of halogens is 3. The van der Waals surface area contributed by atoms with Gasteiger partial charge in [-0.15, -0.1) is 0 Å². The van der Waals surface area contributed by atoms with Gasteiger partial charge in [-0.1, -0.05) is 28.1 Å². The van der Waals surface area contributed by atoms with Crippen LogP contribution in [-0.4, -0.2) is 37.7 Å². The van der Waals surface area contributed by atoms with Gasteiger partial charge in [0.1, 0.15) is 5.82 Å². The van der Waals surface area contributed by atoms with E-state index < -0.39 is 17.6 Å². The van der Waals surface area contributed by atoms with Crippen LogP contribution in [-0.2, 0) is 14.4 Å². The molecule has 0 heterocycles. The second-order valence-electron chi connectivity index (χ2n) is 7.01. The van der Waals surface area contributed by atoms with Gasteiger partial charge in [-0.25, -0.2) is 9.82 Å². The highest BCUT2D eigenvalue weighted by atomic mass is 127. The molecular weight excluding hydrogens is 650 g/mol. The maximum absolute atomic E-state index is 13.6. The van der Waals surface area contributed by atoms with E-state index in [9.17, 15) is 18.8 Å². The average molecular weight is 669 g/mol. The molecule has 9 nitrogen and oxygen atoms in total. The minimum absolute atomic E-state index is 0.123. The van der Waals surface area contributed by atoms with Gasteiger partial charge in [-0.3, -0.25) is 14.4 Å². The van der Waals surface area contributed by atoms with Gasteiger partial charge in [0.2, 0.25) is 0 Å². The summed E-state index contributed by atoms with van der Waals surface area (Å²) in [5.41, 5.74) is 3.11. The van der Waals surface area contributed by atoms with Gasteiger partial charge in [0, 0.05) is 10.2 Å². The third-order valence-corrected chi connectivity index (χ3v) is 5.77. The molecule has 3 N–H and O–H groups in total. The molecular formula is C24H19BrFIN4O5. The summed E-state index contributed by atoms with van der Waals surface area (Å²) in [7, 11) is 1.44. The molecule has 0 saturated heterocycles. The molecule has 12 heteroatoms. The van der Waals surface area contributed by atoms with Gasteiger partial charge < -0.3 is 20.1 Å². The normalized spacial score (nSPS) is 10.6. The van der Waals surface area contributed by atoms with Crippen molar-refractivity contribution in [3.05, 3.63) is 80.1 Å². The number of hydrogen-bond acceptors (Lipinski definition) is 6. The highest BCUT2D eigenvalue weighted by molar-refractivity contribution is 14.1. The monoisotopic (exact) mass is 668 g/mol. The smallest absolute Gasteiger partial charge is 0.329 e. The minimum atomic E-state index is -1.08.